The molecule has 0 aromatic heterocycles. The van der Waals surface area contributed by atoms with Crippen LogP contribution in [0.4, 0.5) is 0 Å². The van der Waals surface area contributed by atoms with Gasteiger partial charge in [-0.2, -0.15) is 5.26 Å². The average molecular weight is 307 g/mol. The summed E-state index contributed by atoms with van der Waals surface area (Å²) in [5, 5.41) is 9.49. The van der Waals surface area contributed by atoms with E-state index >= 15 is 0 Å². The lowest BCUT2D eigenvalue weighted by atomic mass is 9.68. The maximum atomic E-state index is 9.49. The maximum Gasteiger partial charge on any atom is 0.0700 e. The summed E-state index contributed by atoms with van der Waals surface area (Å²) >= 11 is 0. The summed E-state index contributed by atoms with van der Waals surface area (Å²) in [6.07, 6.45) is 6.28. The minimum absolute atomic E-state index is 0.0244. The van der Waals surface area contributed by atoms with E-state index in [1.807, 2.05) is 6.08 Å². The number of nitrogens with zero attached hydrogens (tertiary/aromatic N) is 1. The molecular weight excluding hydrogens is 278 g/mol. The first-order valence-electron chi connectivity index (χ1n) is 8.73. The van der Waals surface area contributed by atoms with Crippen LogP contribution in [0.15, 0.2) is 30.9 Å². The molecule has 0 heterocycles. The van der Waals surface area contributed by atoms with E-state index in [0.29, 0.717) is 17.8 Å². The molecule has 0 fully saturated rings. The fraction of sp³-hybridized carbons (Fsp3) is 0.500. The number of allylic oxidation sites excluding steroid dienone is 3. The Morgan fingerprint density at radius 3 is 2.43 bits per heavy atom. The number of nitriles is 1. The summed E-state index contributed by atoms with van der Waals surface area (Å²) in [5.41, 5.74) is 6.77. The molecule has 0 radical (unpaired) electrons. The van der Waals surface area contributed by atoms with Crippen molar-refractivity contribution in [1.29, 1.82) is 5.26 Å². The summed E-state index contributed by atoms with van der Waals surface area (Å²) < 4.78 is 0. The van der Waals surface area contributed by atoms with Crippen molar-refractivity contribution in [1.82, 2.24) is 0 Å². The Morgan fingerprint density at radius 2 is 1.83 bits per heavy atom. The van der Waals surface area contributed by atoms with Crippen molar-refractivity contribution >= 4 is 5.57 Å². The summed E-state index contributed by atoms with van der Waals surface area (Å²) in [7, 11) is 0. The van der Waals surface area contributed by atoms with E-state index in [1.165, 1.54) is 27.8 Å². The van der Waals surface area contributed by atoms with Crippen molar-refractivity contribution in [2.45, 2.75) is 47.5 Å². The van der Waals surface area contributed by atoms with E-state index in [2.05, 4.69) is 65.5 Å². The summed E-state index contributed by atoms with van der Waals surface area (Å²) in [5.74, 6) is 1.47. The minimum Gasteiger partial charge on any atom is -0.198 e. The lowest BCUT2D eigenvalue weighted by molar-refractivity contribution is 0.278. The van der Waals surface area contributed by atoms with E-state index in [4.69, 9.17) is 0 Å². The van der Waals surface area contributed by atoms with Crippen LogP contribution in [0.3, 0.4) is 0 Å². The molecule has 4 unspecified atom stereocenters. The molecule has 1 heteroatoms. The highest BCUT2D eigenvalue weighted by Gasteiger charge is 2.33. The fourth-order valence-corrected chi connectivity index (χ4v) is 3.77. The van der Waals surface area contributed by atoms with Gasteiger partial charge < -0.3 is 0 Å². The second kappa shape index (κ2) is 7.18. The van der Waals surface area contributed by atoms with Crippen LogP contribution in [0.25, 0.3) is 5.57 Å². The minimum atomic E-state index is 0.0244. The van der Waals surface area contributed by atoms with E-state index in [0.717, 1.165) is 12.8 Å². The van der Waals surface area contributed by atoms with Crippen molar-refractivity contribution in [3.63, 3.8) is 0 Å². The quantitative estimate of drug-likeness (QED) is 0.638. The van der Waals surface area contributed by atoms with Gasteiger partial charge in [0.25, 0.3) is 0 Å². The summed E-state index contributed by atoms with van der Waals surface area (Å²) in [6.45, 7) is 15.0. The number of rotatable bonds is 4. The number of hydrogen-bond donors (Lipinski definition) is 0. The second-order valence-corrected chi connectivity index (χ2v) is 7.20. The zero-order valence-electron chi connectivity index (χ0n) is 15.2. The third kappa shape index (κ3) is 3.42. The second-order valence-electron chi connectivity index (χ2n) is 7.20. The molecule has 1 nitrogen and oxygen atoms in total. The lowest BCUT2D eigenvalue weighted by Gasteiger charge is -2.36. The van der Waals surface area contributed by atoms with Gasteiger partial charge in [0, 0.05) is 0 Å². The smallest absolute Gasteiger partial charge is 0.0700 e. The van der Waals surface area contributed by atoms with Gasteiger partial charge in [-0.25, -0.2) is 0 Å². The normalized spacial score (nSPS) is 27.2. The third-order valence-electron chi connectivity index (χ3n) is 5.79. The molecule has 0 amide bonds. The Balaban J connectivity index is 2.47. The molecule has 0 saturated carbocycles. The van der Waals surface area contributed by atoms with Crippen molar-refractivity contribution < 1.29 is 0 Å². The molecule has 1 aliphatic rings. The molecule has 4 atom stereocenters. The van der Waals surface area contributed by atoms with Gasteiger partial charge in [-0.15, -0.1) is 6.58 Å². The Labute approximate surface area is 141 Å². The van der Waals surface area contributed by atoms with Gasteiger partial charge in [0.15, 0.2) is 0 Å². The SMILES string of the molecule is C=CCCc1cc(C)c(C2=CC(C#N)C(C)C(C)C2C)cc1C. The predicted molar refractivity (Wildman–Crippen MR) is 99.0 cm³/mol. The van der Waals surface area contributed by atoms with Crippen LogP contribution in [0.1, 0.15) is 49.4 Å². The standard InChI is InChI=1S/C22H29N/c1-7-8-9-19-10-15(3)21(11-14(19)2)22-12-20(13-23)17(5)16(4)18(22)6/h7,10-12,16-18,20H,1,8-9H2,2-6H3. The molecule has 1 aliphatic carbocycles. The predicted octanol–water partition coefficient (Wildman–Crippen LogP) is 5.87. The molecule has 1 aromatic rings. The van der Waals surface area contributed by atoms with Gasteiger partial charge >= 0.3 is 0 Å². The molecule has 23 heavy (non-hydrogen) atoms. The maximum absolute atomic E-state index is 9.49. The molecule has 0 saturated heterocycles. The zero-order valence-corrected chi connectivity index (χ0v) is 15.2. The molecule has 1 aromatic carbocycles. The van der Waals surface area contributed by atoms with E-state index in [9.17, 15) is 5.26 Å². The first-order chi connectivity index (χ1) is 10.9. The highest BCUT2D eigenvalue weighted by atomic mass is 14.4. The van der Waals surface area contributed by atoms with Crippen molar-refractivity contribution in [2.24, 2.45) is 23.7 Å². The summed E-state index contributed by atoms with van der Waals surface area (Å²) in [4.78, 5) is 0. The van der Waals surface area contributed by atoms with E-state index in [1.54, 1.807) is 0 Å². The van der Waals surface area contributed by atoms with Crippen LogP contribution in [0, 0.1) is 48.9 Å². The van der Waals surface area contributed by atoms with E-state index < -0.39 is 0 Å². The highest BCUT2D eigenvalue weighted by Crippen LogP contribution is 2.43. The first-order valence-corrected chi connectivity index (χ1v) is 8.73. The monoisotopic (exact) mass is 307 g/mol. The van der Waals surface area contributed by atoms with Crippen LogP contribution < -0.4 is 0 Å². The van der Waals surface area contributed by atoms with Gasteiger partial charge in [-0.1, -0.05) is 45.1 Å². The van der Waals surface area contributed by atoms with Gasteiger partial charge in [0.2, 0.25) is 0 Å². The first kappa shape index (κ1) is 17.5. The summed E-state index contributed by atoms with van der Waals surface area (Å²) in [6, 6.07) is 7.14. The Morgan fingerprint density at radius 1 is 1.13 bits per heavy atom. The van der Waals surface area contributed by atoms with Gasteiger partial charge in [0.1, 0.15) is 0 Å². The third-order valence-corrected chi connectivity index (χ3v) is 5.79. The molecular formula is C22H29N. The Bertz CT molecular complexity index is 659. The molecule has 0 aliphatic heterocycles. The van der Waals surface area contributed by atoms with Gasteiger partial charge in [-0.3, -0.25) is 0 Å². The number of hydrogen-bond acceptors (Lipinski definition) is 1. The van der Waals surface area contributed by atoms with Crippen LogP contribution >= 0.6 is 0 Å². The van der Waals surface area contributed by atoms with Gasteiger partial charge in [0.05, 0.1) is 12.0 Å². The van der Waals surface area contributed by atoms with Crippen molar-refractivity contribution in [3.05, 3.63) is 53.1 Å². The van der Waals surface area contributed by atoms with Gasteiger partial charge in [-0.05, 0) is 72.3 Å². The molecule has 2 rings (SSSR count). The number of benzene rings is 1. The molecule has 122 valence electrons. The molecule has 0 spiro atoms. The molecule has 0 N–H and O–H groups in total. The topological polar surface area (TPSA) is 23.8 Å². The zero-order chi connectivity index (χ0) is 17.1. The fourth-order valence-electron chi connectivity index (χ4n) is 3.77. The van der Waals surface area contributed by atoms with Crippen LogP contribution in [0.5, 0.6) is 0 Å². The van der Waals surface area contributed by atoms with Crippen LogP contribution in [0.2, 0.25) is 0 Å². The largest absolute Gasteiger partial charge is 0.198 e. The Hall–Kier alpha value is -1.81. The van der Waals surface area contributed by atoms with E-state index in [-0.39, 0.29) is 5.92 Å². The van der Waals surface area contributed by atoms with Crippen LogP contribution in [-0.2, 0) is 6.42 Å². The van der Waals surface area contributed by atoms with Crippen molar-refractivity contribution in [3.8, 4) is 6.07 Å². The van der Waals surface area contributed by atoms with Crippen molar-refractivity contribution in [2.75, 3.05) is 0 Å². The highest BCUT2D eigenvalue weighted by molar-refractivity contribution is 5.72. The Kier molecular flexibility index (Phi) is 5.47. The molecule has 0 bridgehead atoms. The lowest BCUT2D eigenvalue weighted by Crippen LogP contribution is -2.28. The average Bonchev–Trinajstić information content (AvgIpc) is 2.54. The number of aryl methyl sites for hydroxylation is 3. The van der Waals surface area contributed by atoms with Crippen LogP contribution in [-0.4, -0.2) is 0 Å².